The second-order valence-electron chi connectivity index (χ2n) is 7.88. The van der Waals surface area contributed by atoms with E-state index in [2.05, 4.69) is 0 Å². The Morgan fingerprint density at radius 1 is 0.778 bits per heavy atom. The van der Waals surface area contributed by atoms with E-state index in [1.165, 1.54) is 14.7 Å². The minimum absolute atomic E-state index is 0.251. The first-order chi connectivity index (χ1) is 17.3. The van der Waals surface area contributed by atoms with Crippen molar-refractivity contribution >= 4 is 34.8 Å². The van der Waals surface area contributed by atoms with E-state index >= 15 is 0 Å². The van der Waals surface area contributed by atoms with Crippen LogP contribution in [0.4, 0.5) is 17.1 Å². The van der Waals surface area contributed by atoms with Crippen molar-refractivity contribution in [3.63, 3.8) is 0 Å². The van der Waals surface area contributed by atoms with Gasteiger partial charge in [0.25, 0.3) is 5.91 Å². The molecule has 188 valence electrons. The predicted molar refractivity (Wildman–Crippen MR) is 140 cm³/mol. The molecule has 0 aromatic heterocycles. The Morgan fingerprint density at radius 3 is 2.11 bits per heavy atom. The smallest absolute Gasteiger partial charge is 0.264 e. The molecule has 2 N–H and O–H groups in total. The lowest BCUT2D eigenvalue weighted by Gasteiger charge is -2.27. The van der Waals surface area contributed by atoms with E-state index in [-0.39, 0.29) is 37.3 Å². The lowest BCUT2D eigenvalue weighted by Crippen LogP contribution is -2.44. The first kappa shape index (κ1) is 26.2. The summed E-state index contributed by atoms with van der Waals surface area (Å²) in [6, 6.07) is 22.9. The normalized spacial score (nSPS) is 10.3. The second-order valence-corrected chi connectivity index (χ2v) is 7.88. The van der Waals surface area contributed by atoms with Crippen molar-refractivity contribution in [1.29, 1.82) is 0 Å². The first-order valence-electron chi connectivity index (χ1n) is 11.3. The number of methoxy groups -OCH3 is 1. The quantitative estimate of drug-likeness (QED) is 0.469. The summed E-state index contributed by atoms with van der Waals surface area (Å²) in [4.78, 5) is 42.7. The van der Waals surface area contributed by atoms with Gasteiger partial charge in [0.2, 0.25) is 11.8 Å². The van der Waals surface area contributed by atoms with Gasteiger partial charge in [0.15, 0.2) is 6.61 Å². The van der Waals surface area contributed by atoms with Gasteiger partial charge in [0, 0.05) is 31.5 Å². The largest absolute Gasteiger partial charge is 0.497 e. The lowest BCUT2D eigenvalue weighted by atomic mass is 10.2. The van der Waals surface area contributed by atoms with E-state index in [1.807, 2.05) is 18.2 Å². The fourth-order valence-corrected chi connectivity index (χ4v) is 3.46. The number of carbonyl (C=O) groups excluding carboxylic acids is 3. The lowest BCUT2D eigenvalue weighted by molar-refractivity contribution is -0.121. The van der Waals surface area contributed by atoms with Gasteiger partial charge in [-0.15, -0.1) is 0 Å². The van der Waals surface area contributed by atoms with Crippen molar-refractivity contribution in [3.05, 3.63) is 78.9 Å². The minimum atomic E-state index is -0.458. The zero-order chi connectivity index (χ0) is 26.1. The van der Waals surface area contributed by atoms with E-state index in [0.29, 0.717) is 22.8 Å². The maximum absolute atomic E-state index is 13.0. The summed E-state index contributed by atoms with van der Waals surface area (Å²) in [5.74, 6) is -0.177. The molecule has 0 heterocycles. The summed E-state index contributed by atoms with van der Waals surface area (Å²) >= 11 is 0. The SMILES string of the molecule is COc1cccc(N(C)C(=O)COc2ccccc2N(CC(=O)N(C)c2ccccc2)C(=O)CN)c1. The number of nitrogens with two attached hydrogens (primary N) is 1. The number of para-hydroxylation sites is 3. The highest BCUT2D eigenvalue weighted by Gasteiger charge is 2.24. The van der Waals surface area contributed by atoms with Gasteiger partial charge in [-0.05, 0) is 36.4 Å². The molecule has 0 unspecified atom stereocenters. The number of nitrogens with zero attached hydrogens (tertiary/aromatic N) is 3. The third-order valence-corrected chi connectivity index (χ3v) is 5.61. The van der Waals surface area contributed by atoms with Crippen LogP contribution in [0.15, 0.2) is 78.9 Å². The third-order valence-electron chi connectivity index (χ3n) is 5.61. The molecule has 3 aromatic rings. The summed E-state index contributed by atoms with van der Waals surface area (Å²) in [6.07, 6.45) is 0. The van der Waals surface area contributed by atoms with Crippen molar-refractivity contribution in [2.75, 3.05) is 55.6 Å². The zero-order valence-electron chi connectivity index (χ0n) is 20.6. The van der Waals surface area contributed by atoms with E-state index in [1.54, 1.807) is 81.9 Å². The summed E-state index contributed by atoms with van der Waals surface area (Å²) in [5.41, 5.74) is 7.33. The van der Waals surface area contributed by atoms with Crippen molar-refractivity contribution in [3.8, 4) is 11.5 Å². The molecule has 0 radical (unpaired) electrons. The average molecular weight is 491 g/mol. The Morgan fingerprint density at radius 2 is 1.42 bits per heavy atom. The molecule has 0 aliphatic rings. The molecule has 36 heavy (non-hydrogen) atoms. The van der Waals surface area contributed by atoms with Crippen LogP contribution in [0.3, 0.4) is 0 Å². The molecule has 3 aromatic carbocycles. The van der Waals surface area contributed by atoms with Crippen molar-refractivity contribution < 1.29 is 23.9 Å². The van der Waals surface area contributed by atoms with Gasteiger partial charge in [-0.2, -0.15) is 0 Å². The molecule has 0 bridgehead atoms. The van der Waals surface area contributed by atoms with Gasteiger partial charge in [-0.25, -0.2) is 0 Å². The number of hydrogen-bond acceptors (Lipinski definition) is 6. The number of carbonyl (C=O) groups is 3. The Balaban J connectivity index is 1.77. The molecular formula is C27H30N4O5. The van der Waals surface area contributed by atoms with Crippen LogP contribution in [0, 0.1) is 0 Å². The van der Waals surface area contributed by atoms with Crippen LogP contribution in [-0.4, -0.2) is 58.6 Å². The van der Waals surface area contributed by atoms with Crippen LogP contribution in [0.1, 0.15) is 0 Å². The second kappa shape index (κ2) is 12.4. The molecule has 0 aliphatic heterocycles. The first-order valence-corrected chi connectivity index (χ1v) is 11.3. The Bertz CT molecular complexity index is 1200. The van der Waals surface area contributed by atoms with E-state index in [4.69, 9.17) is 15.2 Å². The van der Waals surface area contributed by atoms with E-state index in [9.17, 15) is 14.4 Å². The van der Waals surface area contributed by atoms with Crippen LogP contribution in [0.25, 0.3) is 0 Å². The summed E-state index contributed by atoms with van der Waals surface area (Å²) in [6.45, 7) is -0.832. The van der Waals surface area contributed by atoms with Gasteiger partial charge in [-0.3, -0.25) is 19.3 Å². The highest BCUT2D eigenvalue weighted by molar-refractivity contribution is 6.04. The number of likely N-dealkylation sites (N-methyl/N-ethyl adjacent to an activating group) is 2. The van der Waals surface area contributed by atoms with Crippen molar-refractivity contribution in [2.24, 2.45) is 5.73 Å². The average Bonchev–Trinajstić information content (AvgIpc) is 2.93. The summed E-state index contributed by atoms with van der Waals surface area (Å²) < 4.78 is 11.0. The van der Waals surface area contributed by atoms with Gasteiger partial charge >= 0.3 is 0 Å². The Kier molecular flexibility index (Phi) is 9.01. The molecule has 0 fully saturated rings. The molecular weight excluding hydrogens is 460 g/mol. The Hall–Kier alpha value is -4.37. The molecule has 3 rings (SSSR count). The zero-order valence-corrected chi connectivity index (χ0v) is 20.6. The van der Waals surface area contributed by atoms with Crippen LogP contribution >= 0.6 is 0 Å². The number of anilines is 3. The number of benzene rings is 3. The maximum Gasteiger partial charge on any atom is 0.264 e. The summed E-state index contributed by atoms with van der Waals surface area (Å²) in [5, 5.41) is 0. The van der Waals surface area contributed by atoms with Gasteiger partial charge in [0.05, 0.1) is 19.3 Å². The molecule has 3 amide bonds. The monoisotopic (exact) mass is 490 g/mol. The van der Waals surface area contributed by atoms with Gasteiger partial charge in [0.1, 0.15) is 18.0 Å². The van der Waals surface area contributed by atoms with Crippen LogP contribution in [0.2, 0.25) is 0 Å². The molecule has 0 aliphatic carbocycles. The molecule has 0 saturated carbocycles. The summed E-state index contributed by atoms with van der Waals surface area (Å²) in [7, 11) is 4.82. The highest BCUT2D eigenvalue weighted by atomic mass is 16.5. The van der Waals surface area contributed by atoms with Gasteiger partial charge in [-0.1, -0.05) is 36.4 Å². The maximum atomic E-state index is 13.0. The Labute approximate surface area is 210 Å². The van der Waals surface area contributed by atoms with Crippen LogP contribution in [0.5, 0.6) is 11.5 Å². The van der Waals surface area contributed by atoms with E-state index < -0.39 is 5.91 Å². The molecule has 0 spiro atoms. The van der Waals surface area contributed by atoms with Crippen molar-refractivity contribution in [1.82, 2.24) is 0 Å². The van der Waals surface area contributed by atoms with Crippen molar-refractivity contribution in [2.45, 2.75) is 0 Å². The highest BCUT2D eigenvalue weighted by Crippen LogP contribution is 2.29. The fraction of sp³-hybridized carbons (Fsp3) is 0.222. The van der Waals surface area contributed by atoms with Crippen LogP contribution < -0.4 is 29.9 Å². The van der Waals surface area contributed by atoms with E-state index in [0.717, 1.165) is 0 Å². The molecule has 9 heteroatoms. The topological polar surface area (TPSA) is 105 Å². The minimum Gasteiger partial charge on any atom is -0.497 e. The van der Waals surface area contributed by atoms with Crippen LogP contribution in [-0.2, 0) is 14.4 Å². The molecule has 0 atom stereocenters. The molecule has 0 saturated heterocycles. The molecule has 9 nitrogen and oxygen atoms in total. The number of rotatable bonds is 10. The third kappa shape index (κ3) is 6.39. The van der Waals surface area contributed by atoms with Gasteiger partial charge < -0.3 is 25.0 Å². The number of hydrogen-bond donors (Lipinski definition) is 1. The fourth-order valence-electron chi connectivity index (χ4n) is 3.46. The number of amides is 3. The number of ether oxygens (including phenoxy) is 2. The standard InChI is InChI=1S/C27H30N4O5/c1-29(20-10-5-4-6-11-20)26(33)18-31(25(32)17-28)23-14-7-8-15-24(23)36-19-27(34)30(2)21-12-9-13-22(16-21)35-3/h4-16H,17-19,28H2,1-3H3. The predicted octanol–water partition coefficient (Wildman–Crippen LogP) is 2.69.